The van der Waals surface area contributed by atoms with E-state index in [1.807, 2.05) is 0 Å². The van der Waals surface area contributed by atoms with Crippen molar-refractivity contribution in [2.45, 2.75) is 33.6 Å². The van der Waals surface area contributed by atoms with Crippen LogP contribution in [0, 0.1) is 16.7 Å². The third-order valence-electron chi connectivity index (χ3n) is 4.89. The fraction of sp³-hybridized carbons (Fsp3) is 0.818. The van der Waals surface area contributed by atoms with Gasteiger partial charge in [-0.15, -0.1) is 0 Å². The third-order valence-corrected chi connectivity index (χ3v) is 4.89. The maximum atomic E-state index is 4.35. The predicted molar refractivity (Wildman–Crippen MR) is 51.4 cm³/mol. The Balaban J connectivity index is 2.21. The largest absolute Gasteiger partial charge is 0.184 e. The van der Waals surface area contributed by atoms with E-state index in [-0.39, 0.29) is 0 Å². The SMILES string of the molecule is CC1(C)[C@@H]2CC[C@@]1(C)C1=C2CN=N1. The van der Waals surface area contributed by atoms with Crippen LogP contribution in [-0.2, 0) is 0 Å². The van der Waals surface area contributed by atoms with Crippen molar-refractivity contribution in [3.8, 4) is 0 Å². The summed E-state index contributed by atoms with van der Waals surface area (Å²) in [5.41, 5.74) is 3.65. The van der Waals surface area contributed by atoms with Crippen LogP contribution in [0.3, 0.4) is 0 Å². The minimum atomic E-state index is 0.326. The van der Waals surface area contributed by atoms with Gasteiger partial charge in [0.25, 0.3) is 0 Å². The Kier molecular flexibility index (Phi) is 1.12. The van der Waals surface area contributed by atoms with Crippen molar-refractivity contribution in [2.75, 3.05) is 6.54 Å². The Hall–Kier alpha value is -0.660. The number of azo groups is 1. The molecule has 0 aromatic carbocycles. The maximum absolute atomic E-state index is 4.35. The van der Waals surface area contributed by atoms with Crippen LogP contribution in [0.1, 0.15) is 33.6 Å². The van der Waals surface area contributed by atoms with Gasteiger partial charge in [0.15, 0.2) is 0 Å². The van der Waals surface area contributed by atoms with E-state index in [4.69, 9.17) is 0 Å². The molecular formula is C11H16N2. The summed E-state index contributed by atoms with van der Waals surface area (Å²) in [5.74, 6) is 0.766. The second-order valence-corrected chi connectivity index (χ2v) is 5.42. The van der Waals surface area contributed by atoms with E-state index < -0.39 is 0 Å². The van der Waals surface area contributed by atoms with Crippen LogP contribution in [0.4, 0.5) is 0 Å². The summed E-state index contributed by atoms with van der Waals surface area (Å²) in [5, 5.41) is 8.52. The first-order chi connectivity index (χ1) is 6.07. The van der Waals surface area contributed by atoms with Gasteiger partial charge >= 0.3 is 0 Å². The molecular weight excluding hydrogens is 160 g/mol. The van der Waals surface area contributed by atoms with E-state index in [1.54, 1.807) is 5.57 Å². The maximum Gasteiger partial charge on any atom is 0.0837 e. The average molecular weight is 176 g/mol. The summed E-state index contributed by atoms with van der Waals surface area (Å²) in [6.45, 7) is 8.07. The van der Waals surface area contributed by atoms with Gasteiger partial charge in [0, 0.05) is 5.41 Å². The molecule has 70 valence electrons. The second-order valence-electron chi connectivity index (χ2n) is 5.42. The first-order valence-corrected chi connectivity index (χ1v) is 5.18. The molecule has 2 atom stereocenters. The number of rotatable bonds is 0. The zero-order valence-corrected chi connectivity index (χ0v) is 8.59. The Labute approximate surface area is 79.1 Å². The molecule has 0 aromatic rings. The van der Waals surface area contributed by atoms with Gasteiger partial charge in [-0.05, 0) is 29.7 Å². The van der Waals surface area contributed by atoms with E-state index in [2.05, 4.69) is 31.0 Å². The average Bonchev–Trinajstić information content (AvgIpc) is 2.63. The van der Waals surface area contributed by atoms with E-state index in [9.17, 15) is 0 Å². The Bertz CT molecular complexity index is 338. The molecule has 0 aromatic heterocycles. The molecule has 2 aliphatic carbocycles. The summed E-state index contributed by atoms with van der Waals surface area (Å²) < 4.78 is 0. The predicted octanol–water partition coefficient (Wildman–Crippen LogP) is 3.16. The second kappa shape index (κ2) is 1.89. The number of fused-ring (bicyclic) bond motifs is 4. The Morgan fingerprint density at radius 1 is 1.31 bits per heavy atom. The first kappa shape index (κ1) is 7.72. The van der Waals surface area contributed by atoms with Gasteiger partial charge in [0.1, 0.15) is 0 Å². The molecule has 0 N–H and O–H groups in total. The van der Waals surface area contributed by atoms with E-state index in [0.29, 0.717) is 10.8 Å². The molecule has 0 amide bonds. The summed E-state index contributed by atoms with van der Waals surface area (Å²) >= 11 is 0. The van der Waals surface area contributed by atoms with Crippen molar-refractivity contribution >= 4 is 0 Å². The highest BCUT2D eigenvalue weighted by molar-refractivity contribution is 5.40. The van der Waals surface area contributed by atoms with Gasteiger partial charge in [-0.2, -0.15) is 10.2 Å². The van der Waals surface area contributed by atoms with Crippen molar-refractivity contribution in [1.82, 2.24) is 0 Å². The molecule has 1 saturated carbocycles. The summed E-state index contributed by atoms with van der Waals surface area (Å²) in [7, 11) is 0. The molecule has 1 fully saturated rings. The Morgan fingerprint density at radius 2 is 2.08 bits per heavy atom. The number of nitrogens with zero attached hydrogens (tertiary/aromatic N) is 2. The smallest absolute Gasteiger partial charge is 0.0837 e. The molecule has 0 spiro atoms. The lowest BCUT2D eigenvalue weighted by molar-refractivity contribution is 0.166. The van der Waals surface area contributed by atoms with Crippen LogP contribution in [0.2, 0.25) is 0 Å². The minimum Gasteiger partial charge on any atom is -0.184 e. The summed E-state index contributed by atoms with van der Waals surface area (Å²) in [4.78, 5) is 0. The molecule has 1 heterocycles. The molecule has 0 radical (unpaired) electrons. The highest BCUT2D eigenvalue weighted by atomic mass is 15.2. The quantitative estimate of drug-likeness (QED) is 0.541. The molecule has 1 aliphatic heterocycles. The zero-order chi connectivity index (χ0) is 9.27. The highest BCUT2D eigenvalue weighted by Gasteiger charge is 2.61. The van der Waals surface area contributed by atoms with Crippen molar-refractivity contribution in [2.24, 2.45) is 27.0 Å². The molecule has 13 heavy (non-hydrogen) atoms. The van der Waals surface area contributed by atoms with Gasteiger partial charge in [0.05, 0.1) is 12.2 Å². The number of allylic oxidation sites excluding steroid dienone is 1. The zero-order valence-electron chi connectivity index (χ0n) is 8.59. The topological polar surface area (TPSA) is 24.7 Å². The highest BCUT2D eigenvalue weighted by Crippen LogP contribution is 2.68. The molecule has 2 nitrogen and oxygen atoms in total. The van der Waals surface area contributed by atoms with Gasteiger partial charge in [0.2, 0.25) is 0 Å². The monoisotopic (exact) mass is 176 g/mol. The first-order valence-electron chi connectivity index (χ1n) is 5.18. The van der Waals surface area contributed by atoms with Crippen molar-refractivity contribution in [3.05, 3.63) is 11.3 Å². The van der Waals surface area contributed by atoms with Crippen LogP contribution in [0.25, 0.3) is 0 Å². The normalized spacial score (nSPS) is 44.7. The molecule has 2 heteroatoms. The van der Waals surface area contributed by atoms with Crippen molar-refractivity contribution < 1.29 is 0 Å². The standard InChI is InChI=1S/C11H16N2/c1-10(2)8-4-5-11(10,3)9-7(8)6-12-13-9/h8H,4-6H2,1-3H3/t8-,11+/m1/s1. The van der Waals surface area contributed by atoms with Gasteiger partial charge < -0.3 is 0 Å². The molecule has 2 bridgehead atoms. The third kappa shape index (κ3) is 0.608. The van der Waals surface area contributed by atoms with E-state index in [1.165, 1.54) is 18.5 Å². The Morgan fingerprint density at radius 3 is 2.77 bits per heavy atom. The minimum absolute atomic E-state index is 0.326. The van der Waals surface area contributed by atoms with E-state index in [0.717, 1.165) is 12.5 Å². The van der Waals surface area contributed by atoms with Gasteiger partial charge in [-0.25, -0.2) is 0 Å². The van der Waals surface area contributed by atoms with Gasteiger partial charge in [-0.3, -0.25) is 0 Å². The van der Waals surface area contributed by atoms with Crippen LogP contribution in [0.15, 0.2) is 21.5 Å². The lowest BCUT2D eigenvalue weighted by Gasteiger charge is -2.35. The lowest BCUT2D eigenvalue weighted by atomic mass is 9.69. The number of hydrogen-bond donors (Lipinski definition) is 0. The molecule has 3 rings (SSSR count). The molecule has 0 unspecified atom stereocenters. The van der Waals surface area contributed by atoms with Crippen molar-refractivity contribution in [3.63, 3.8) is 0 Å². The van der Waals surface area contributed by atoms with Gasteiger partial charge in [-0.1, -0.05) is 20.8 Å². The van der Waals surface area contributed by atoms with Crippen LogP contribution in [-0.4, -0.2) is 6.54 Å². The molecule has 0 saturated heterocycles. The van der Waals surface area contributed by atoms with Crippen molar-refractivity contribution in [1.29, 1.82) is 0 Å². The van der Waals surface area contributed by atoms with Crippen LogP contribution < -0.4 is 0 Å². The van der Waals surface area contributed by atoms with Crippen LogP contribution >= 0.6 is 0 Å². The fourth-order valence-corrected chi connectivity index (χ4v) is 3.60. The fourth-order valence-electron chi connectivity index (χ4n) is 3.60. The summed E-state index contributed by atoms with van der Waals surface area (Å²) in [6.07, 6.45) is 2.66. The summed E-state index contributed by atoms with van der Waals surface area (Å²) in [6, 6.07) is 0. The van der Waals surface area contributed by atoms with E-state index >= 15 is 0 Å². The lowest BCUT2D eigenvalue weighted by Crippen LogP contribution is -2.29. The van der Waals surface area contributed by atoms with Crippen LogP contribution in [0.5, 0.6) is 0 Å². The molecule has 3 aliphatic rings. The number of hydrogen-bond acceptors (Lipinski definition) is 2.